The molecule has 8 heteroatoms. The quantitative estimate of drug-likeness (QED) is 0.872. The van der Waals surface area contributed by atoms with Crippen LogP contribution in [0.5, 0.6) is 0 Å². The first-order chi connectivity index (χ1) is 9.71. The molecule has 0 aromatic heterocycles. The van der Waals surface area contributed by atoms with Crippen LogP contribution in [0.15, 0.2) is 17.0 Å². The van der Waals surface area contributed by atoms with Gasteiger partial charge in [0.1, 0.15) is 4.90 Å². The van der Waals surface area contributed by atoms with Crippen LogP contribution in [-0.4, -0.2) is 25.0 Å². The maximum absolute atomic E-state index is 13.8. The Labute approximate surface area is 121 Å². The lowest BCUT2D eigenvalue weighted by Gasteiger charge is -2.41. The molecule has 1 aromatic rings. The molecular formula is C13H15F2NO4S. The first kappa shape index (κ1) is 15.8. The molecule has 0 aliphatic heterocycles. The van der Waals surface area contributed by atoms with Crippen molar-refractivity contribution in [2.24, 2.45) is 0 Å². The van der Waals surface area contributed by atoms with Crippen LogP contribution in [-0.2, 0) is 10.0 Å². The third-order valence-corrected chi connectivity index (χ3v) is 5.45. The number of halogens is 2. The highest BCUT2D eigenvalue weighted by molar-refractivity contribution is 7.89. The van der Waals surface area contributed by atoms with E-state index in [9.17, 15) is 22.0 Å². The Morgan fingerprint density at radius 2 is 2.00 bits per heavy atom. The van der Waals surface area contributed by atoms with Crippen molar-refractivity contribution in [1.29, 1.82) is 0 Å². The zero-order valence-corrected chi connectivity index (χ0v) is 12.1. The fourth-order valence-corrected chi connectivity index (χ4v) is 4.00. The van der Waals surface area contributed by atoms with Crippen LogP contribution in [0.4, 0.5) is 8.78 Å². The van der Waals surface area contributed by atoms with E-state index in [1.807, 2.05) is 0 Å². The summed E-state index contributed by atoms with van der Waals surface area (Å²) in [6.45, 7) is 1.80. The highest BCUT2D eigenvalue weighted by atomic mass is 32.2. The third kappa shape index (κ3) is 2.91. The number of carboxylic acids is 1. The standard InChI is InChI=1S/C13H15F2NO4S/c1-2-13(4-3-5-13)16-21(19,20)10-7-8(12(17)18)6-9(14)11(10)15/h6-7,16H,2-5H2,1H3,(H,17,18). The summed E-state index contributed by atoms with van der Waals surface area (Å²) in [5.74, 6) is -4.60. The highest BCUT2D eigenvalue weighted by Gasteiger charge is 2.40. The Balaban J connectivity index is 2.46. The van der Waals surface area contributed by atoms with E-state index in [1.165, 1.54) is 0 Å². The molecule has 1 aromatic carbocycles. The summed E-state index contributed by atoms with van der Waals surface area (Å²) < 4.78 is 54.0. The minimum absolute atomic E-state index is 0.454. The van der Waals surface area contributed by atoms with Crippen molar-refractivity contribution in [2.45, 2.75) is 43.0 Å². The van der Waals surface area contributed by atoms with Gasteiger partial charge >= 0.3 is 5.97 Å². The summed E-state index contributed by atoms with van der Waals surface area (Å²) in [5, 5.41) is 8.82. The normalized spacial score (nSPS) is 17.3. The van der Waals surface area contributed by atoms with Gasteiger partial charge in [-0.1, -0.05) is 6.92 Å². The van der Waals surface area contributed by atoms with Crippen molar-refractivity contribution in [3.05, 3.63) is 29.3 Å². The molecule has 1 aliphatic carbocycles. The van der Waals surface area contributed by atoms with Crippen molar-refractivity contribution < 1.29 is 27.1 Å². The van der Waals surface area contributed by atoms with E-state index in [-0.39, 0.29) is 0 Å². The van der Waals surface area contributed by atoms with Gasteiger partial charge in [-0.2, -0.15) is 0 Å². The van der Waals surface area contributed by atoms with E-state index in [0.717, 1.165) is 6.42 Å². The second kappa shape index (κ2) is 5.34. The topological polar surface area (TPSA) is 83.5 Å². The Morgan fingerprint density at radius 3 is 2.43 bits per heavy atom. The summed E-state index contributed by atoms with van der Waals surface area (Å²) in [7, 11) is -4.33. The molecule has 2 N–H and O–H groups in total. The van der Waals surface area contributed by atoms with Crippen LogP contribution in [0.1, 0.15) is 43.0 Å². The van der Waals surface area contributed by atoms with Crippen molar-refractivity contribution >= 4 is 16.0 Å². The minimum Gasteiger partial charge on any atom is -0.478 e. The molecule has 0 unspecified atom stereocenters. The van der Waals surface area contributed by atoms with E-state index in [1.54, 1.807) is 6.92 Å². The van der Waals surface area contributed by atoms with Crippen LogP contribution in [0.2, 0.25) is 0 Å². The number of hydrogen-bond acceptors (Lipinski definition) is 3. The number of benzene rings is 1. The summed E-state index contributed by atoms with van der Waals surface area (Å²) in [4.78, 5) is 9.88. The van der Waals surface area contributed by atoms with E-state index in [0.29, 0.717) is 31.4 Å². The van der Waals surface area contributed by atoms with Gasteiger partial charge in [0, 0.05) is 5.54 Å². The Kier molecular flexibility index (Phi) is 4.03. The second-order valence-electron chi connectivity index (χ2n) is 5.17. The molecule has 1 saturated carbocycles. The van der Waals surface area contributed by atoms with Crippen LogP contribution < -0.4 is 4.72 Å². The molecule has 0 atom stereocenters. The fraction of sp³-hybridized carbons (Fsp3) is 0.462. The number of sulfonamides is 1. The highest BCUT2D eigenvalue weighted by Crippen LogP contribution is 2.36. The monoisotopic (exact) mass is 319 g/mol. The summed E-state index contributed by atoms with van der Waals surface area (Å²) >= 11 is 0. The van der Waals surface area contributed by atoms with E-state index in [2.05, 4.69) is 4.72 Å². The average Bonchev–Trinajstić information content (AvgIpc) is 2.36. The van der Waals surface area contributed by atoms with Gasteiger partial charge in [0.15, 0.2) is 11.6 Å². The third-order valence-electron chi connectivity index (χ3n) is 3.87. The zero-order chi connectivity index (χ0) is 15.8. The van der Waals surface area contributed by atoms with Gasteiger partial charge < -0.3 is 5.11 Å². The maximum atomic E-state index is 13.8. The maximum Gasteiger partial charge on any atom is 0.335 e. The van der Waals surface area contributed by atoms with Crippen LogP contribution in [0, 0.1) is 11.6 Å². The average molecular weight is 319 g/mol. The molecule has 0 radical (unpaired) electrons. The molecule has 1 aliphatic rings. The minimum atomic E-state index is -4.33. The van der Waals surface area contributed by atoms with E-state index >= 15 is 0 Å². The molecule has 1 fully saturated rings. The zero-order valence-electron chi connectivity index (χ0n) is 11.3. The van der Waals surface area contributed by atoms with Crippen molar-refractivity contribution in [1.82, 2.24) is 4.72 Å². The molecule has 0 saturated heterocycles. The molecule has 0 bridgehead atoms. The van der Waals surface area contributed by atoms with Gasteiger partial charge in [-0.15, -0.1) is 0 Å². The van der Waals surface area contributed by atoms with Gasteiger partial charge in [-0.05, 0) is 37.8 Å². The molecule has 0 amide bonds. The number of aromatic carboxylic acids is 1. The lowest BCUT2D eigenvalue weighted by atomic mass is 9.76. The summed E-state index contributed by atoms with van der Waals surface area (Å²) in [6, 6.07) is 1.08. The first-order valence-corrected chi connectivity index (χ1v) is 7.95. The lowest BCUT2D eigenvalue weighted by Crippen LogP contribution is -2.52. The van der Waals surface area contributed by atoms with Crippen LogP contribution >= 0.6 is 0 Å². The van der Waals surface area contributed by atoms with Crippen molar-refractivity contribution in [3.8, 4) is 0 Å². The molecule has 0 spiro atoms. The van der Waals surface area contributed by atoms with Gasteiger partial charge in [0.2, 0.25) is 10.0 Å². The van der Waals surface area contributed by atoms with Crippen LogP contribution in [0.25, 0.3) is 0 Å². The van der Waals surface area contributed by atoms with Gasteiger partial charge in [0.25, 0.3) is 0 Å². The first-order valence-electron chi connectivity index (χ1n) is 6.47. The predicted molar refractivity (Wildman–Crippen MR) is 70.5 cm³/mol. The fourth-order valence-electron chi connectivity index (χ4n) is 2.35. The predicted octanol–water partition coefficient (Wildman–Crippen LogP) is 2.27. The molecule has 21 heavy (non-hydrogen) atoms. The van der Waals surface area contributed by atoms with Crippen molar-refractivity contribution in [3.63, 3.8) is 0 Å². The number of nitrogens with one attached hydrogen (secondary N) is 1. The van der Waals surface area contributed by atoms with E-state index in [4.69, 9.17) is 5.11 Å². The van der Waals surface area contributed by atoms with Crippen molar-refractivity contribution in [2.75, 3.05) is 0 Å². The summed E-state index contributed by atoms with van der Waals surface area (Å²) in [6.07, 6.45) is 2.61. The molecule has 2 rings (SSSR count). The SMILES string of the molecule is CCC1(NS(=O)(=O)c2cc(C(=O)O)cc(F)c2F)CCC1. The van der Waals surface area contributed by atoms with E-state index < -0.39 is 43.6 Å². The Bertz CT molecular complexity index is 678. The van der Waals surface area contributed by atoms with Gasteiger partial charge in [0.05, 0.1) is 5.56 Å². The largest absolute Gasteiger partial charge is 0.478 e. The molecule has 5 nitrogen and oxygen atoms in total. The number of hydrogen-bond donors (Lipinski definition) is 2. The second-order valence-corrected chi connectivity index (χ2v) is 6.82. The van der Waals surface area contributed by atoms with Gasteiger partial charge in [-0.25, -0.2) is 26.7 Å². The summed E-state index contributed by atoms with van der Waals surface area (Å²) in [5.41, 5.74) is -1.27. The number of carbonyl (C=O) groups is 1. The number of carboxylic acid groups (broad SMARTS) is 1. The Morgan fingerprint density at radius 1 is 1.38 bits per heavy atom. The Hall–Kier alpha value is -1.54. The molecule has 0 heterocycles. The van der Waals surface area contributed by atoms with Crippen LogP contribution in [0.3, 0.4) is 0 Å². The van der Waals surface area contributed by atoms with Gasteiger partial charge in [-0.3, -0.25) is 0 Å². The molecular weight excluding hydrogens is 304 g/mol. The molecule has 116 valence electrons. The smallest absolute Gasteiger partial charge is 0.335 e. The lowest BCUT2D eigenvalue weighted by molar-refractivity contribution is 0.0696. The number of rotatable bonds is 5.